The molecule has 0 radical (unpaired) electrons. The molecule has 0 aliphatic carbocycles. The first-order valence-corrected chi connectivity index (χ1v) is 13.5. The van der Waals surface area contributed by atoms with E-state index >= 15 is 0 Å². The van der Waals surface area contributed by atoms with Gasteiger partial charge in [0.05, 0.1) is 0 Å². The predicted octanol–water partition coefficient (Wildman–Crippen LogP) is 5.63. The summed E-state index contributed by atoms with van der Waals surface area (Å²) in [6.07, 6.45) is 1.16. The van der Waals surface area contributed by atoms with E-state index in [0.29, 0.717) is 13.0 Å². The zero-order chi connectivity index (χ0) is 28.5. The molecule has 2 aromatic carbocycles. The van der Waals surface area contributed by atoms with E-state index in [2.05, 4.69) is 10.6 Å². The second kappa shape index (κ2) is 14.0. The molecule has 0 saturated heterocycles. The Balaban J connectivity index is 2.58. The van der Waals surface area contributed by atoms with Crippen molar-refractivity contribution in [2.75, 3.05) is 6.54 Å². The van der Waals surface area contributed by atoms with Crippen LogP contribution in [0.25, 0.3) is 0 Å². The van der Waals surface area contributed by atoms with Crippen molar-refractivity contribution >= 4 is 17.9 Å². The monoisotopic (exact) mass is 523 g/mol. The van der Waals surface area contributed by atoms with Crippen molar-refractivity contribution in [3.63, 3.8) is 0 Å². The number of ether oxygens (including phenoxy) is 1. The number of alkyl carbamates (subject to hydrolysis) is 1. The standard InChI is InChI=1S/C31H45N3O4/c1-9-10-19-34(27(28(35)32-21(2)3)25-18-14-15-22(4)23(25)5)29(36)26(20-24-16-12-11-13-17-24)33-30(37)38-31(6,7)8/h11-18,21,26-27H,9-10,19-20H2,1-8H3,(H,32,35)(H,33,37). The fraction of sp³-hybridized carbons (Fsp3) is 0.516. The van der Waals surface area contributed by atoms with Crippen molar-refractivity contribution in [2.45, 2.75) is 98.4 Å². The number of nitrogens with one attached hydrogen (secondary N) is 2. The summed E-state index contributed by atoms with van der Waals surface area (Å²) in [4.78, 5) is 42.5. The van der Waals surface area contributed by atoms with E-state index in [1.807, 2.05) is 83.1 Å². The Labute approximate surface area is 228 Å². The lowest BCUT2D eigenvalue weighted by Gasteiger charge is -2.35. The first kappa shape index (κ1) is 30.9. The first-order valence-electron chi connectivity index (χ1n) is 13.5. The van der Waals surface area contributed by atoms with Crippen LogP contribution in [0, 0.1) is 13.8 Å². The number of hydrogen-bond acceptors (Lipinski definition) is 4. The van der Waals surface area contributed by atoms with Crippen LogP contribution in [0.3, 0.4) is 0 Å². The molecule has 7 heteroatoms. The van der Waals surface area contributed by atoms with E-state index in [1.165, 1.54) is 0 Å². The van der Waals surface area contributed by atoms with Crippen LogP contribution in [-0.2, 0) is 20.7 Å². The average molecular weight is 524 g/mol. The number of nitrogens with zero attached hydrogens (tertiary/aromatic N) is 1. The number of aryl methyl sites for hydroxylation is 1. The fourth-order valence-corrected chi connectivity index (χ4v) is 4.28. The summed E-state index contributed by atoms with van der Waals surface area (Å²) in [5, 5.41) is 5.82. The molecule has 2 N–H and O–H groups in total. The van der Waals surface area contributed by atoms with Crippen molar-refractivity contribution in [3.8, 4) is 0 Å². The molecule has 2 aromatic rings. The van der Waals surface area contributed by atoms with Crippen LogP contribution < -0.4 is 10.6 Å². The van der Waals surface area contributed by atoms with Crippen molar-refractivity contribution in [1.82, 2.24) is 15.5 Å². The average Bonchev–Trinajstić information content (AvgIpc) is 2.82. The number of amides is 3. The third-order valence-electron chi connectivity index (χ3n) is 6.24. The van der Waals surface area contributed by atoms with E-state index < -0.39 is 23.8 Å². The molecular weight excluding hydrogens is 478 g/mol. The normalized spacial score (nSPS) is 13.0. The number of carbonyl (C=O) groups excluding carboxylic acids is 3. The molecule has 2 atom stereocenters. The second-order valence-corrected chi connectivity index (χ2v) is 11.1. The van der Waals surface area contributed by atoms with Gasteiger partial charge in [-0.25, -0.2) is 4.79 Å². The van der Waals surface area contributed by atoms with Gasteiger partial charge in [0.15, 0.2) is 0 Å². The van der Waals surface area contributed by atoms with Gasteiger partial charge in [0.25, 0.3) is 0 Å². The Morgan fingerprint density at radius 3 is 2.18 bits per heavy atom. The molecule has 0 spiro atoms. The molecular formula is C31H45N3O4. The van der Waals surface area contributed by atoms with Gasteiger partial charge in [0.1, 0.15) is 17.7 Å². The molecule has 3 amide bonds. The molecule has 38 heavy (non-hydrogen) atoms. The highest BCUT2D eigenvalue weighted by Gasteiger charge is 2.37. The number of rotatable bonds is 11. The summed E-state index contributed by atoms with van der Waals surface area (Å²) in [7, 11) is 0. The summed E-state index contributed by atoms with van der Waals surface area (Å²) < 4.78 is 5.50. The second-order valence-electron chi connectivity index (χ2n) is 11.1. The molecule has 0 aliphatic heterocycles. The highest BCUT2D eigenvalue weighted by molar-refractivity contribution is 5.92. The summed E-state index contributed by atoms with van der Waals surface area (Å²) in [5.41, 5.74) is 2.96. The summed E-state index contributed by atoms with van der Waals surface area (Å²) in [6, 6.07) is 13.5. The highest BCUT2D eigenvalue weighted by Crippen LogP contribution is 2.28. The zero-order valence-corrected chi connectivity index (χ0v) is 24.3. The van der Waals surface area contributed by atoms with Crippen LogP contribution in [0.4, 0.5) is 4.79 Å². The number of unbranched alkanes of at least 4 members (excludes halogenated alkanes) is 1. The lowest BCUT2D eigenvalue weighted by Crippen LogP contribution is -2.54. The van der Waals surface area contributed by atoms with Gasteiger partial charge < -0.3 is 20.3 Å². The summed E-state index contributed by atoms with van der Waals surface area (Å²) in [5.74, 6) is -0.563. The maximum Gasteiger partial charge on any atom is 0.408 e. The first-order chi connectivity index (χ1) is 17.8. The van der Waals surface area contributed by atoms with Gasteiger partial charge in [-0.05, 0) is 77.1 Å². The molecule has 0 bridgehead atoms. The Kier molecular flexibility index (Phi) is 11.4. The third-order valence-corrected chi connectivity index (χ3v) is 6.24. The molecule has 2 rings (SSSR count). The maximum atomic E-state index is 14.3. The topological polar surface area (TPSA) is 87.7 Å². The minimum Gasteiger partial charge on any atom is -0.444 e. The van der Waals surface area contributed by atoms with Gasteiger partial charge in [0.2, 0.25) is 11.8 Å². The highest BCUT2D eigenvalue weighted by atomic mass is 16.6. The predicted molar refractivity (Wildman–Crippen MR) is 152 cm³/mol. The Bertz CT molecular complexity index is 1080. The lowest BCUT2D eigenvalue weighted by atomic mass is 9.94. The molecule has 208 valence electrons. The minimum absolute atomic E-state index is 0.0988. The third kappa shape index (κ3) is 9.19. The van der Waals surface area contributed by atoms with Crippen LogP contribution in [0.15, 0.2) is 48.5 Å². The summed E-state index contributed by atoms with van der Waals surface area (Å²) in [6.45, 7) is 15.5. The number of benzene rings is 2. The molecule has 7 nitrogen and oxygen atoms in total. The van der Waals surface area contributed by atoms with E-state index in [0.717, 1.165) is 28.7 Å². The van der Waals surface area contributed by atoms with E-state index in [4.69, 9.17) is 4.74 Å². The molecule has 0 saturated carbocycles. The van der Waals surface area contributed by atoms with E-state index in [1.54, 1.807) is 25.7 Å². The lowest BCUT2D eigenvalue weighted by molar-refractivity contribution is -0.142. The van der Waals surface area contributed by atoms with Crippen molar-refractivity contribution in [3.05, 3.63) is 70.8 Å². The molecule has 2 unspecified atom stereocenters. The van der Waals surface area contributed by atoms with E-state index in [-0.39, 0.29) is 24.3 Å². The number of carbonyl (C=O) groups is 3. The van der Waals surface area contributed by atoms with Crippen LogP contribution in [-0.4, -0.2) is 47.0 Å². The van der Waals surface area contributed by atoms with Crippen LogP contribution in [0.5, 0.6) is 0 Å². The zero-order valence-electron chi connectivity index (χ0n) is 24.3. The molecule has 0 heterocycles. The molecule has 0 fully saturated rings. The maximum absolute atomic E-state index is 14.3. The Morgan fingerprint density at radius 1 is 0.947 bits per heavy atom. The minimum atomic E-state index is -0.913. The SMILES string of the molecule is CCCCN(C(=O)C(Cc1ccccc1)NC(=O)OC(C)(C)C)C(C(=O)NC(C)C)c1cccc(C)c1C. The van der Waals surface area contributed by atoms with Gasteiger partial charge in [-0.15, -0.1) is 0 Å². The Morgan fingerprint density at radius 2 is 1.61 bits per heavy atom. The van der Waals surface area contributed by atoms with Gasteiger partial charge in [-0.1, -0.05) is 61.9 Å². The fourth-order valence-electron chi connectivity index (χ4n) is 4.28. The van der Waals surface area contributed by atoms with Gasteiger partial charge in [-0.2, -0.15) is 0 Å². The van der Waals surface area contributed by atoms with Gasteiger partial charge in [0, 0.05) is 19.0 Å². The summed E-state index contributed by atoms with van der Waals surface area (Å²) >= 11 is 0. The number of hydrogen-bond donors (Lipinski definition) is 2. The van der Waals surface area contributed by atoms with Crippen LogP contribution in [0.1, 0.15) is 82.7 Å². The van der Waals surface area contributed by atoms with Crippen molar-refractivity contribution < 1.29 is 19.1 Å². The van der Waals surface area contributed by atoms with Crippen molar-refractivity contribution in [2.24, 2.45) is 0 Å². The largest absolute Gasteiger partial charge is 0.444 e. The van der Waals surface area contributed by atoms with Crippen molar-refractivity contribution in [1.29, 1.82) is 0 Å². The molecule has 0 aliphatic rings. The van der Waals surface area contributed by atoms with Crippen LogP contribution >= 0.6 is 0 Å². The Hall–Kier alpha value is -3.35. The quantitative estimate of drug-likeness (QED) is 0.399. The van der Waals surface area contributed by atoms with E-state index in [9.17, 15) is 14.4 Å². The smallest absolute Gasteiger partial charge is 0.408 e. The van der Waals surface area contributed by atoms with Gasteiger partial charge in [-0.3, -0.25) is 9.59 Å². The van der Waals surface area contributed by atoms with Gasteiger partial charge >= 0.3 is 6.09 Å². The molecule has 0 aromatic heterocycles. The van der Waals surface area contributed by atoms with Crippen LogP contribution in [0.2, 0.25) is 0 Å².